The van der Waals surface area contributed by atoms with Gasteiger partial charge in [-0.15, -0.1) is 0 Å². The number of aromatic nitrogens is 2. The number of nitrogens with one attached hydrogen (secondary N) is 1. The van der Waals surface area contributed by atoms with E-state index in [1.165, 1.54) is 4.68 Å². The van der Waals surface area contributed by atoms with Crippen molar-refractivity contribution in [2.24, 2.45) is 7.05 Å². The molecule has 16 heavy (non-hydrogen) atoms. The van der Waals surface area contributed by atoms with Gasteiger partial charge >= 0.3 is 5.97 Å². The number of carbonyl (C=O) groups is 1. The lowest BCUT2D eigenvalue weighted by Crippen LogP contribution is -2.19. The highest BCUT2D eigenvalue weighted by Gasteiger charge is 2.22. The number of likely N-dealkylation sites (N-methyl/N-ethyl adjacent to an activating group) is 1. The average Bonchev–Trinajstić information content (AvgIpc) is 2.61. The van der Waals surface area contributed by atoms with Gasteiger partial charge in [0, 0.05) is 25.4 Å². The molecule has 0 aliphatic heterocycles. The van der Waals surface area contributed by atoms with Gasteiger partial charge < -0.3 is 15.2 Å². The Balaban J connectivity index is 2.95. The van der Waals surface area contributed by atoms with Crippen molar-refractivity contribution in [3.8, 4) is 0 Å². The van der Waals surface area contributed by atoms with E-state index in [1.807, 2.05) is 0 Å². The lowest BCUT2D eigenvalue weighted by atomic mass is 10.1. The summed E-state index contributed by atoms with van der Waals surface area (Å²) in [6.45, 7) is 2.37. The van der Waals surface area contributed by atoms with Crippen LogP contribution in [0.4, 0.5) is 0 Å². The number of rotatable bonds is 5. The average molecular weight is 227 g/mol. The highest BCUT2D eigenvalue weighted by Crippen LogP contribution is 2.17. The molecule has 0 saturated carbocycles. The monoisotopic (exact) mass is 227 g/mol. The van der Waals surface area contributed by atoms with Crippen LogP contribution in [0.1, 0.15) is 29.1 Å². The Labute approximate surface area is 94.2 Å². The molecule has 0 radical (unpaired) electrons. The fourth-order valence-electron chi connectivity index (χ4n) is 1.41. The number of carbonyl (C=O) groups excluding carboxylic acids is 1. The van der Waals surface area contributed by atoms with Crippen molar-refractivity contribution in [2.75, 3.05) is 20.2 Å². The van der Waals surface area contributed by atoms with Gasteiger partial charge in [-0.25, -0.2) is 4.79 Å². The molecule has 1 aromatic heterocycles. The minimum Gasteiger partial charge on any atom is -0.461 e. The molecule has 0 amide bonds. The summed E-state index contributed by atoms with van der Waals surface area (Å²) in [5.74, 6) is -0.506. The van der Waals surface area contributed by atoms with Crippen molar-refractivity contribution in [3.63, 3.8) is 0 Å². The van der Waals surface area contributed by atoms with E-state index < -0.39 is 12.1 Å². The molecule has 2 N–H and O–H groups in total. The maximum atomic E-state index is 11.6. The molecule has 0 fully saturated rings. The Bertz CT molecular complexity index is 362. The van der Waals surface area contributed by atoms with Crippen LogP contribution in [0, 0.1) is 0 Å². The van der Waals surface area contributed by atoms with Gasteiger partial charge in [0.2, 0.25) is 0 Å². The summed E-state index contributed by atoms with van der Waals surface area (Å²) in [6, 6.07) is 0. The smallest absolute Gasteiger partial charge is 0.359 e. The third-order valence-corrected chi connectivity index (χ3v) is 2.08. The number of aliphatic hydroxyl groups is 1. The van der Waals surface area contributed by atoms with Crippen molar-refractivity contribution in [1.82, 2.24) is 15.1 Å². The zero-order valence-corrected chi connectivity index (χ0v) is 9.73. The van der Waals surface area contributed by atoms with E-state index in [2.05, 4.69) is 10.4 Å². The van der Waals surface area contributed by atoms with Gasteiger partial charge in [0.1, 0.15) is 0 Å². The van der Waals surface area contributed by atoms with Gasteiger partial charge in [-0.3, -0.25) is 4.68 Å². The first-order chi connectivity index (χ1) is 7.60. The molecule has 1 heterocycles. The molecular weight excluding hydrogens is 210 g/mol. The quantitative estimate of drug-likeness (QED) is 0.684. The number of hydrogen-bond acceptors (Lipinski definition) is 5. The highest BCUT2D eigenvalue weighted by molar-refractivity contribution is 5.88. The number of aryl methyl sites for hydroxylation is 1. The van der Waals surface area contributed by atoms with Gasteiger partial charge in [0.25, 0.3) is 0 Å². The predicted octanol–water partition coefficient (Wildman–Crippen LogP) is -0.150. The Hall–Kier alpha value is -1.40. The lowest BCUT2D eigenvalue weighted by Gasteiger charge is -2.08. The van der Waals surface area contributed by atoms with E-state index in [-0.39, 0.29) is 12.3 Å². The zero-order chi connectivity index (χ0) is 12.1. The van der Waals surface area contributed by atoms with Gasteiger partial charge in [0.15, 0.2) is 5.69 Å². The number of hydrogen-bond donors (Lipinski definition) is 2. The Morgan fingerprint density at radius 2 is 2.44 bits per heavy atom. The van der Waals surface area contributed by atoms with Gasteiger partial charge in [-0.2, -0.15) is 5.10 Å². The van der Waals surface area contributed by atoms with Crippen molar-refractivity contribution in [2.45, 2.75) is 13.0 Å². The molecule has 0 bridgehead atoms. The second-order valence-corrected chi connectivity index (χ2v) is 3.40. The van der Waals surface area contributed by atoms with Crippen LogP contribution in [0.15, 0.2) is 6.20 Å². The van der Waals surface area contributed by atoms with Gasteiger partial charge in [-0.05, 0) is 14.0 Å². The van der Waals surface area contributed by atoms with Crippen LogP contribution in [-0.2, 0) is 11.8 Å². The first kappa shape index (κ1) is 12.7. The summed E-state index contributed by atoms with van der Waals surface area (Å²) in [5, 5.41) is 16.6. The van der Waals surface area contributed by atoms with E-state index in [1.54, 1.807) is 27.2 Å². The van der Waals surface area contributed by atoms with Crippen molar-refractivity contribution >= 4 is 5.97 Å². The normalized spacial score (nSPS) is 12.5. The molecule has 6 heteroatoms. The molecule has 1 unspecified atom stereocenters. The Morgan fingerprint density at radius 1 is 1.75 bits per heavy atom. The second kappa shape index (κ2) is 5.62. The summed E-state index contributed by atoms with van der Waals surface area (Å²) in [4.78, 5) is 11.6. The first-order valence-corrected chi connectivity index (χ1v) is 5.13. The third-order valence-electron chi connectivity index (χ3n) is 2.08. The molecule has 0 saturated heterocycles. The van der Waals surface area contributed by atoms with Crippen LogP contribution in [0.2, 0.25) is 0 Å². The van der Waals surface area contributed by atoms with E-state index in [0.717, 1.165) is 0 Å². The predicted molar refractivity (Wildman–Crippen MR) is 58.1 cm³/mol. The SMILES string of the molecule is CCOC(=O)c1nn(C)cc1C(O)CNC. The van der Waals surface area contributed by atoms with E-state index in [0.29, 0.717) is 12.1 Å². The van der Waals surface area contributed by atoms with Crippen molar-refractivity contribution in [3.05, 3.63) is 17.5 Å². The molecule has 1 atom stereocenters. The van der Waals surface area contributed by atoms with E-state index in [4.69, 9.17) is 4.74 Å². The summed E-state index contributed by atoms with van der Waals surface area (Å²) in [5.41, 5.74) is 0.655. The number of esters is 1. The van der Waals surface area contributed by atoms with E-state index >= 15 is 0 Å². The fraction of sp³-hybridized carbons (Fsp3) is 0.600. The summed E-state index contributed by atoms with van der Waals surface area (Å²) in [7, 11) is 3.42. The minimum absolute atomic E-state index is 0.173. The van der Waals surface area contributed by atoms with Crippen LogP contribution in [0.25, 0.3) is 0 Å². The number of aliphatic hydroxyl groups excluding tert-OH is 1. The minimum atomic E-state index is -0.766. The van der Waals surface area contributed by atoms with Crippen LogP contribution < -0.4 is 5.32 Å². The van der Waals surface area contributed by atoms with Crippen molar-refractivity contribution < 1.29 is 14.6 Å². The molecule has 6 nitrogen and oxygen atoms in total. The lowest BCUT2D eigenvalue weighted by molar-refractivity contribution is 0.0511. The molecule has 90 valence electrons. The van der Waals surface area contributed by atoms with Gasteiger partial charge in [0.05, 0.1) is 12.7 Å². The van der Waals surface area contributed by atoms with Crippen molar-refractivity contribution in [1.29, 1.82) is 0 Å². The molecule has 0 aliphatic rings. The third kappa shape index (κ3) is 2.80. The summed E-state index contributed by atoms with van der Waals surface area (Å²) >= 11 is 0. The van der Waals surface area contributed by atoms with Crippen LogP contribution in [0.5, 0.6) is 0 Å². The topological polar surface area (TPSA) is 76.4 Å². The first-order valence-electron chi connectivity index (χ1n) is 5.13. The van der Waals surface area contributed by atoms with Crippen LogP contribution in [-0.4, -0.2) is 41.1 Å². The number of ether oxygens (including phenoxy) is 1. The Kier molecular flexibility index (Phi) is 4.45. The number of nitrogens with zero attached hydrogens (tertiary/aromatic N) is 2. The van der Waals surface area contributed by atoms with Gasteiger partial charge in [-0.1, -0.05) is 0 Å². The van der Waals surface area contributed by atoms with E-state index in [9.17, 15) is 9.90 Å². The second-order valence-electron chi connectivity index (χ2n) is 3.40. The zero-order valence-electron chi connectivity index (χ0n) is 9.73. The van der Waals surface area contributed by atoms with Crippen LogP contribution >= 0.6 is 0 Å². The summed E-state index contributed by atoms with van der Waals surface area (Å²) in [6.07, 6.45) is 0.854. The van der Waals surface area contributed by atoms with Crippen LogP contribution in [0.3, 0.4) is 0 Å². The summed E-state index contributed by atoms with van der Waals surface area (Å²) < 4.78 is 6.35. The Morgan fingerprint density at radius 3 is 3.00 bits per heavy atom. The molecule has 0 aromatic carbocycles. The largest absolute Gasteiger partial charge is 0.461 e. The fourth-order valence-corrected chi connectivity index (χ4v) is 1.41. The molecule has 1 rings (SSSR count). The molecule has 1 aromatic rings. The standard InChI is InChI=1S/C10H17N3O3/c1-4-16-10(15)9-7(6-13(3)12-9)8(14)5-11-2/h6,8,11,14H,4-5H2,1-3H3. The molecular formula is C10H17N3O3. The maximum Gasteiger partial charge on any atom is 0.359 e. The highest BCUT2D eigenvalue weighted by atomic mass is 16.5. The molecule has 0 spiro atoms. The maximum absolute atomic E-state index is 11.6. The molecule has 0 aliphatic carbocycles.